The Hall–Kier alpha value is -2.83. The zero-order valence-corrected chi connectivity index (χ0v) is 21.0. The molecule has 5 nitrogen and oxygen atoms in total. The highest BCUT2D eigenvalue weighted by Gasteiger charge is 2.24. The van der Waals surface area contributed by atoms with Crippen molar-refractivity contribution in [1.82, 2.24) is 4.90 Å². The Labute approximate surface area is 203 Å². The molecule has 3 aromatic rings. The molecule has 1 fully saturated rings. The smallest absolute Gasteiger partial charge is 0.175 e. The van der Waals surface area contributed by atoms with Gasteiger partial charge in [-0.15, -0.1) is 0 Å². The van der Waals surface area contributed by atoms with Crippen molar-refractivity contribution >= 4 is 15.5 Å². The predicted octanol–water partition coefficient (Wildman–Crippen LogP) is 5.16. The SMILES string of the molecule is CC(C)N(Cc1ccccc1)Cc1cccc(OC2CCN(c3ccc(S(C)(=O)=O)cc3)C2)c1. The fourth-order valence-corrected chi connectivity index (χ4v) is 4.98. The summed E-state index contributed by atoms with van der Waals surface area (Å²) >= 11 is 0. The minimum absolute atomic E-state index is 0.107. The summed E-state index contributed by atoms with van der Waals surface area (Å²) in [6.07, 6.45) is 2.28. The monoisotopic (exact) mass is 478 g/mol. The van der Waals surface area contributed by atoms with E-state index in [1.807, 2.05) is 18.2 Å². The molecule has 0 amide bonds. The van der Waals surface area contributed by atoms with Crippen molar-refractivity contribution in [3.05, 3.63) is 90.0 Å². The second-order valence-corrected chi connectivity index (χ2v) is 11.4. The van der Waals surface area contributed by atoms with Crippen molar-refractivity contribution < 1.29 is 13.2 Å². The molecule has 0 saturated carbocycles. The predicted molar refractivity (Wildman–Crippen MR) is 138 cm³/mol. The Morgan fingerprint density at radius 2 is 1.62 bits per heavy atom. The lowest BCUT2D eigenvalue weighted by molar-refractivity contribution is 0.202. The van der Waals surface area contributed by atoms with Crippen LogP contribution in [0.1, 0.15) is 31.4 Å². The summed E-state index contributed by atoms with van der Waals surface area (Å²) in [7, 11) is -3.18. The van der Waals surface area contributed by atoms with Crippen molar-refractivity contribution in [2.24, 2.45) is 0 Å². The fourth-order valence-electron chi connectivity index (χ4n) is 4.35. The Kier molecular flexibility index (Phi) is 7.59. The molecular formula is C28H34N2O3S. The highest BCUT2D eigenvalue weighted by molar-refractivity contribution is 7.90. The normalized spacial score (nSPS) is 16.4. The van der Waals surface area contributed by atoms with Crippen LogP contribution in [0.5, 0.6) is 5.75 Å². The number of nitrogens with zero attached hydrogens (tertiary/aromatic N) is 2. The molecule has 0 radical (unpaired) electrons. The third kappa shape index (κ3) is 6.39. The van der Waals surface area contributed by atoms with Gasteiger partial charge in [-0.1, -0.05) is 42.5 Å². The molecule has 1 heterocycles. The Morgan fingerprint density at radius 1 is 0.941 bits per heavy atom. The van der Waals surface area contributed by atoms with Crippen molar-refractivity contribution in [2.45, 2.75) is 50.4 Å². The first kappa shape index (κ1) is 24.3. The number of hydrogen-bond donors (Lipinski definition) is 0. The van der Waals surface area contributed by atoms with Gasteiger partial charge in [0.25, 0.3) is 0 Å². The Balaban J connectivity index is 1.37. The lowest BCUT2D eigenvalue weighted by atomic mass is 10.1. The molecule has 1 atom stereocenters. The first-order chi connectivity index (χ1) is 16.3. The minimum Gasteiger partial charge on any atom is -0.489 e. The van der Waals surface area contributed by atoms with Crippen LogP contribution in [0.25, 0.3) is 0 Å². The van der Waals surface area contributed by atoms with Gasteiger partial charge in [0.15, 0.2) is 9.84 Å². The zero-order valence-electron chi connectivity index (χ0n) is 20.2. The zero-order chi connectivity index (χ0) is 24.1. The summed E-state index contributed by atoms with van der Waals surface area (Å²) in [5.74, 6) is 0.903. The highest BCUT2D eigenvalue weighted by Crippen LogP contribution is 2.26. The summed E-state index contributed by atoms with van der Waals surface area (Å²) in [6, 6.07) is 26.6. The molecule has 3 aromatic carbocycles. The number of ether oxygens (including phenoxy) is 1. The van der Waals surface area contributed by atoms with Gasteiger partial charge in [0.05, 0.1) is 11.4 Å². The summed E-state index contributed by atoms with van der Waals surface area (Å²) < 4.78 is 29.8. The molecule has 1 saturated heterocycles. The van der Waals surface area contributed by atoms with E-state index in [0.29, 0.717) is 10.9 Å². The number of benzene rings is 3. The largest absolute Gasteiger partial charge is 0.489 e. The highest BCUT2D eigenvalue weighted by atomic mass is 32.2. The van der Waals surface area contributed by atoms with Crippen LogP contribution in [0.4, 0.5) is 5.69 Å². The molecule has 0 spiro atoms. The lowest BCUT2D eigenvalue weighted by Crippen LogP contribution is -2.29. The molecule has 0 bridgehead atoms. The average Bonchev–Trinajstić information content (AvgIpc) is 3.27. The average molecular weight is 479 g/mol. The maximum Gasteiger partial charge on any atom is 0.175 e. The van der Waals surface area contributed by atoms with Crippen LogP contribution in [0.3, 0.4) is 0 Å². The molecule has 0 N–H and O–H groups in total. The Morgan fingerprint density at radius 3 is 2.29 bits per heavy atom. The number of rotatable bonds is 9. The molecule has 1 aliphatic heterocycles. The van der Waals surface area contributed by atoms with Gasteiger partial charge in [-0.05, 0) is 61.4 Å². The van der Waals surface area contributed by atoms with Crippen LogP contribution in [-0.2, 0) is 22.9 Å². The van der Waals surface area contributed by atoms with E-state index in [9.17, 15) is 8.42 Å². The van der Waals surface area contributed by atoms with E-state index in [4.69, 9.17) is 4.74 Å². The molecule has 1 aliphatic rings. The molecule has 180 valence electrons. The van der Waals surface area contributed by atoms with E-state index < -0.39 is 9.84 Å². The topological polar surface area (TPSA) is 49.9 Å². The first-order valence-electron chi connectivity index (χ1n) is 11.9. The van der Waals surface area contributed by atoms with E-state index in [1.54, 1.807) is 12.1 Å². The molecule has 1 unspecified atom stereocenters. The van der Waals surface area contributed by atoms with Crippen LogP contribution < -0.4 is 9.64 Å². The van der Waals surface area contributed by atoms with Gasteiger partial charge in [0, 0.05) is 44.0 Å². The van der Waals surface area contributed by atoms with Gasteiger partial charge in [0.2, 0.25) is 0 Å². The summed E-state index contributed by atoms with van der Waals surface area (Å²) in [5, 5.41) is 0. The summed E-state index contributed by atoms with van der Waals surface area (Å²) in [6.45, 7) is 7.93. The second kappa shape index (κ2) is 10.6. The molecule has 0 aromatic heterocycles. The lowest BCUT2D eigenvalue weighted by Gasteiger charge is -2.27. The van der Waals surface area contributed by atoms with E-state index in [1.165, 1.54) is 17.4 Å². The van der Waals surface area contributed by atoms with E-state index in [-0.39, 0.29) is 6.10 Å². The first-order valence-corrected chi connectivity index (χ1v) is 13.8. The Bertz CT molecular complexity index is 1180. The molecule has 34 heavy (non-hydrogen) atoms. The second-order valence-electron chi connectivity index (χ2n) is 9.37. The fraction of sp³-hybridized carbons (Fsp3) is 0.357. The number of hydrogen-bond acceptors (Lipinski definition) is 5. The summed E-state index contributed by atoms with van der Waals surface area (Å²) in [4.78, 5) is 5.06. The van der Waals surface area contributed by atoms with Gasteiger partial charge >= 0.3 is 0 Å². The van der Waals surface area contributed by atoms with Crippen LogP contribution in [0, 0.1) is 0 Å². The van der Waals surface area contributed by atoms with Crippen LogP contribution in [0.15, 0.2) is 83.8 Å². The van der Waals surface area contributed by atoms with Crippen molar-refractivity contribution in [3.63, 3.8) is 0 Å². The van der Waals surface area contributed by atoms with E-state index in [2.05, 4.69) is 72.2 Å². The van der Waals surface area contributed by atoms with E-state index >= 15 is 0 Å². The number of sulfone groups is 1. The van der Waals surface area contributed by atoms with Crippen molar-refractivity contribution in [2.75, 3.05) is 24.2 Å². The van der Waals surface area contributed by atoms with Crippen molar-refractivity contribution in [3.8, 4) is 5.75 Å². The summed E-state index contributed by atoms with van der Waals surface area (Å²) in [5.41, 5.74) is 3.59. The number of anilines is 1. The quantitative estimate of drug-likeness (QED) is 0.425. The van der Waals surface area contributed by atoms with Crippen LogP contribution in [0.2, 0.25) is 0 Å². The molecule has 6 heteroatoms. The maximum absolute atomic E-state index is 11.7. The minimum atomic E-state index is -3.18. The van der Waals surface area contributed by atoms with Gasteiger partial charge in [-0.25, -0.2) is 8.42 Å². The molecular weight excluding hydrogens is 444 g/mol. The van der Waals surface area contributed by atoms with Crippen molar-refractivity contribution in [1.29, 1.82) is 0 Å². The van der Waals surface area contributed by atoms with Gasteiger partial charge < -0.3 is 9.64 Å². The standard InChI is InChI=1S/C28H34N2O3S/c1-22(2)30(19-23-8-5-4-6-9-23)20-24-10-7-11-26(18-24)33-27-16-17-29(21-27)25-12-14-28(15-13-25)34(3,31)32/h4-15,18,22,27H,16-17,19-21H2,1-3H3. The molecule has 4 rings (SSSR count). The van der Waals surface area contributed by atoms with Gasteiger partial charge in [-0.2, -0.15) is 0 Å². The molecule has 0 aliphatic carbocycles. The third-order valence-corrected chi connectivity index (χ3v) is 7.45. The van der Waals surface area contributed by atoms with Gasteiger partial charge in [-0.3, -0.25) is 4.90 Å². The van der Waals surface area contributed by atoms with Crippen LogP contribution >= 0.6 is 0 Å². The third-order valence-electron chi connectivity index (χ3n) is 6.32. The van der Waals surface area contributed by atoms with E-state index in [0.717, 1.165) is 44.0 Å². The van der Waals surface area contributed by atoms with Crippen LogP contribution in [-0.4, -0.2) is 44.8 Å². The maximum atomic E-state index is 11.7. The van der Waals surface area contributed by atoms with Gasteiger partial charge in [0.1, 0.15) is 11.9 Å².